The molecule has 4 heteroatoms. The molecule has 15 heavy (non-hydrogen) atoms. The van der Waals surface area contributed by atoms with E-state index in [4.69, 9.17) is 10.5 Å². The minimum atomic E-state index is 0.151. The Bertz CT molecular complexity index is 301. The van der Waals surface area contributed by atoms with Gasteiger partial charge in [-0.05, 0) is 24.6 Å². The zero-order valence-corrected chi connectivity index (χ0v) is 9.61. The van der Waals surface area contributed by atoms with Crippen LogP contribution in [0.4, 0.5) is 0 Å². The summed E-state index contributed by atoms with van der Waals surface area (Å²) in [5, 5.41) is 0.955. The number of ether oxygens (including phenoxy) is 1. The summed E-state index contributed by atoms with van der Waals surface area (Å²) in [4.78, 5) is 4.03. The van der Waals surface area contributed by atoms with Gasteiger partial charge in [-0.25, -0.2) is 0 Å². The van der Waals surface area contributed by atoms with Crippen molar-refractivity contribution in [2.24, 2.45) is 5.73 Å². The molecule has 0 spiro atoms. The van der Waals surface area contributed by atoms with Crippen molar-refractivity contribution in [3.63, 3.8) is 0 Å². The lowest BCUT2D eigenvalue weighted by Gasteiger charge is -2.31. The average molecular weight is 224 g/mol. The van der Waals surface area contributed by atoms with Crippen LogP contribution in [0.15, 0.2) is 24.5 Å². The molecule has 2 atom stereocenters. The van der Waals surface area contributed by atoms with Crippen LogP contribution in [0.5, 0.6) is 0 Å². The van der Waals surface area contributed by atoms with E-state index < -0.39 is 0 Å². The Kier molecular flexibility index (Phi) is 3.61. The van der Waals surface area contributed by atoms with Crippen LogP contribution in [-0.2, 0) is 4.74 Å². The fraction of sp³-hybridized carbons (Fsp3) is 0.545. The van der Waals surface area contributed by atoms with E-state index in [1.54, 1.807) is 0 Å². The van der Waals surface area contributed by atoms with Crippen molar-refractivity contribution in [2.45, 2.75) is 23.5 Å². The van der Waals surface area contributed by atoms with E-state index in [-0.39, 0.29) is 6.04 Å². The van der Waals surface area contributed by atoms with Crippen LogP contribution in [0.1, 0.15) is 17.7 Å². The van der Waals surface area contributed by atoms with E-state index >= 15 is 0 Å². The first-order chi connectivity index (χ1) is 7.27. The second-order valence-corrected chi connectivity index (χ2v) is 5.30. The molecule has 2 heterocycles. The van der Waals surface area contributed by atoms with Gasteiger partial charge < -0.3 is 10.5 Å². The van der Waals surface area contributed by atoms with E-state index in [0.717, 1.165) is 13.2 Å². The number of rotatable bonds is 4. The Balaban J connectivity index is 2.05. The van der Waals surface area contributed by atoms with Crippen molar-refractivity contribution in [1.29, 1.82) is 0 Å². The Morgan fingerprint density at radius 1 is 1.47 bits per heavy atom. The molecular weight excluding hydrogens is 208 g/mol. The zero-order chi connectivity index (χ0) is 10.7. The molecular formula is C11H16N2OS. The topological polar surface area (TPSA) is 48.1 Å². The van der Waals surface area contributed by atoms with Gasteiger partial charge in [-0.1, -0.05) is 0 Å². The maximum Gasteiger partial charge on any atom is 0.0608 e. The van der Waals surface area contributed by atoms with Crippen LogP contribution in [0.2, 0.25) is 0 Å². The number of nitrogens with zero attached hydrogens (tertiary/aromatic N) is 1. The van der Waals surface area contributed by atoms with Gasteiger partial charge in [0.2, 0.25) is 0 Å². The standard InChI is InChI=1S/C11H16N2OS/c1-8(12)11(15-10-6-14-7-10)9-2-4-13-5-3-9/h2-5,8,10-11H,6-7,12H2,1H3. The molecule has 1 aromatic heterocycles. The molecule has 1 aliphatic rings. The van der Waals surface area contributed by atoms with Gasteiger partial charge >= 0.3 is 0 Å². The molecule has 0 saturated carbocycles. The van der Waals surface area contributed by atoms with Crippen molar-refractivity contribution in [3.8, 4) is 0 Å². The average Bonchev–Trinajstić information content (AvgIpc) is 2.17. The smallest absolute Gasteiger partial charge is 0.0608 e. The minimum Gasteiger partial charge on any atom is -0.379 e. The molecule has 0 aromatic carbocycles. The molecule has 1 aliphatic heterocycles. The van der Waals surface area contributed by atoms with Crippen LogP contribution in [0.3, 0.4) is 0 Å². The second kappa shape index (κ2) is 4.96. The molecule has 0 aliphatic carbocycles. The van der Waals surface area contributed by atoms with E-state index in [0.29, 0.717) is 10.5 Å². The first-order valence-electron chi connectivity index (χ1n) is 5.16. The van der Waals surface area contributed by atoms with Crippen molar-refractivity contribution in [2.75, 3.05) is 13.2 Å². The van der Waals surface area contributed by atoms with Gasteiger partial charge in [0.05, 0.1) is 18.5 Å². The molecule has 1 aromatic rings. The normalized spacial score (nSPS) is 20.7. The number of hydrogen-bond acceptors (Lipinski definition) is 4. The van der Waals surface area contributed by atoms with E-state index in [9.17, 15) is 0 Å². The fourth-order valence-corrected chi connectivity index (χ4v) is 2.89. The highest BCUT2D eigenvalue weighted by Gasteiger charge is 2.26. The summed E-state index contributed by atoms with van der Waals surface area (Å²) in [6.45, 7) is 3.77. The van der Waals surface area contributed by atoms with Gasteiger partial charge in [-0.15, -0.1) is 11.8 Å². The summed E-state index contributed by atoms with van der Waals surface area (Å²) < 4.78 is 5.18. The van der Waals surface area contributed by atoms with Crippen molar-refractivity contribution in [1.82, 2.24) is 4.98 Å². The maximum atomic E-state index is 6.01. The van der Waals surface area contributed by atoms with Crippen molar-refractivity contribution >= 4 is 11.8 Å². The monoisotopic (exact) mass is 224 g/mol. The summed E-state index contributed by atoms with van der Waals surface area (Å²) in [6.07, 6.45) is 3.64. The van der Waals surface area contributed by atoms with Crippen LogP contribution in [0, 0.1) is 0 Å². The Labute approximate surface area is 94.4 Å². The predicted molar refractivity (Wildman–Crippen MR) is 62.8 cm³/mol. The summed E-state index contributed by atoms with van der Waals surface area (Å²) >= 11 is 1.91. The highest BCUT2D eigenvalue weighted by atomic mass is 32.2. The Morgan fingerprint density at radius 2 is 2.13 bits per heavy atom. The third kappa shape index (κ3) is 2.71. The van der Waals surface area contributed by atoms with Crippen LogP contribution < -0.4 is 5.73 Å². The Hall–Kier alpha value is -0.580. The van der Waals surface area contributed by atoms with Gasteiger partial charge in [0.1, 0.15) is 0 Å². The first kappa shape index (κ1) is 10.9. The minimum absolute atomic E-state index is 0.151. The molecule has 0 amide bonds. The van der Waals surface area contributed by atoms with Gasteiger partial charge in [-0.2, -0.15) is 0 Å². The van der Waals surface area contributed by atoms with Crippen molar-refractivity contribution in [3.05, 3.63) is 30.1 Å². The van der Waals surface area contributed by atoms with Gasteiger partial charge in [0, 0.05) is 23.7 Å². The van der Waals surface area contributed by atoms with Crippen LogP contribution in [0.25, 0.3) is 0 Å². The third-order valence-electron chi connectivity index (χ3n) is 2.46. The highest BCUT2D eigenvalue weighted by molar-refractivity contribution is 8.00. The summed E-state index contributed by atoms with van der Waals surface area (Å²) in [6, 6.07) is 4.24. The van der Waals surface area contributed by atoms with Gasteiger partial charge in [0.25, 0.3) is 0 Å². The summed E-state index contributed by atoms with van der Waals surface area (Å²) in [7, 11) is 0. The van der Waals surface area contributed by atoms with E-state index in [1.807, 2.05) is 36.3 Å². The third-order valence-corrected chi connectivity index (χ3v) is 4.11. The van der Waals surface area contributed by atoms with E-state index in [2.05, 4.69) is 11.9 Å². The molecule has 3 nitrogen and oxygen atoms in total. The molecule has 82 valence electrons. The molecule has 1 saturated heterocycles. The lowest BCUT2D eigenvalue weighted by molar-refractivity contribution is 0.0452. The quantitative estimate of drug-likeness (QED) is 0.844. The molecule has 0 bridgehead atoms. The lowest BCUT2D eigenvalue weighted by Crippen LogP contribution is -2.34. The second-order valence-electron chi connectivity index (χ2n) is 3.86. The number of nitrogens with two attached hydrogens (primary N) is 1. The molecule has 0 radical (unpaired) electrons. The van der Waals surface area contributed by atoms with E-state index in [1.165, 1.54) is 5.56 Å². The zero-order valence-electron chi connectivity index (χ0n) is 8.80. The Morgan fingerprint density at radius 3 is 2.60 bits per heavy atom. The molecule has 2 unspecified atom stereocenters. The number of thioether (sulfide) groups is 1. The van der Waals surface area contributed by atoms with Crippen molar-refractivity contribution < 1.29 is 4.74 Å². The van der Waals surface area contributed by atoms with Crippen LogP contribution >= 0.6 is 11.8 Å². The number of aromatic nitrogens is 1. The molecule has 1 fully saturated rings. The highest BCUT2D eigenvalue weighted by Crippen LogP contribution is 2.36. The lowest BCUT2D eigenvalue weighted by atomic mass is 10.1. The first-order valence-corrected chi connectivity index (χ1v) is 6.10. The molecule has 2 N–H and O–H groups in total. The van der Waals surface area contributed by atoms with Gasteiger partial charge in [0.15, 0.2) is 0 Å². The van der Waals surface area contributed by atoms with Gasteiger partial charge in [-0.3, -0.25) is 4.98 Å². The number of hydrogen-bond donors (Lipinski definition) is 1. The summed E-state index contributed by atoms with van der Waals surface area (Å²) in [5.41, 5.74) is 7.27. The number of pyridine rings is 1. The summed E-state index contributed by atoms with van der Waals surface area (Å²) in [5.74, 6) is 0. The van der Waals surface area contributed by atoms with Crippen LogP contribution in [-0.4, -0.2) is 29.5 Å². The maximum absolute atomic E-state index is 6.01. The SMILES string of the molecule is CC(N)C(SC1COC1)c1ccncc1. The fourth-order valence-electron chi connectivity index (χ4n) is 1.56. The predicted octanol–water partition coefficient (Wildman–Crippen LogP) is 1.60. The molecule has 2 rings (SSSR count). The largest absolute Gasteiger partial charge is 0.379 e.